The third-order valence-corrected chi connectivity index (χ3v) is 3.03. The van der Waals surface area contributed by atoms with Crippen molar-refractivity contribution in [3.05, 3.63) is 35.4 Å². The molecule has 0 spiro atoms. The first-order valence-electron chi connectivity index (χ1n) is 5.93. The molecule has 1 aromatic carbocycles. The van der Waals surface area contributed by atoms with E-state index in [1.54, 1.807) is 13.8 Å². The van der Waals surface area contributed by atoms with Gasteiger partial charge in [0.1, 0.15) is 6.10 Å². The van der Waals surface area contributed by atoms with Crippen molar-refractivity contribution in [2.75, 3.05) is 7.11 Å². The fourth-order valence-corrected chi connectivity index (χ4v) is 2.18. The Kier molecular flexibility index (Phi) is 3.41. The third-order valence-electron chi connectivity index (χ3n) is 3.03. The summed E-state index contributed by atoms with van der Waals surface area (Å²) < 4.78 is 16.2. The van der Waals surface area contributed by atoms with E-state index in [4.69, 9.17) is 14.2 Å². The first kappa shape index (κ1) is 13.1. The molecule has 2 rings (SSSR count). The molecule has 0 aliphatic carbocycles. The Morgan fingerprint density at radius 2 is 1.94 bits per heavy atom. The number of rotatable bonds is 2. The van der Waals surface area contributed by atoms with Crippen LogP contribution in [0.25, 0.3) is 0 Å². The first-order valence-corrected chi connectivity index (χ1v) is 5.93. The quantitative estimate of drug-likeness (QED) is 0.756. The fourth-order valence-electron chi connectivity index (χ4n) is 2.18. The van der Waals surface area contributed by atoms with Crippen LogP contribution in [0.15, 0.2) is 24.3 Å². The monoisotopic (exact) mass is 250 g/mol. The van der Waals surface area contributed by atoms with Crippen LogP contribution in [-0.2, 0) is 19.0 Å². The second kappa shape index (κ2) is 4.71. The molecular weight excluding hydrogens is 232 g/mol. The van der Waals surface area contributed by atoms with Crippen LogP contribution >= 0.6 is 0 Å². The maximum absolute atomic E-state index is 11.8. The van der Waals surface area contributed by atoms with Gasteiger partial charge in [-0.05, 0) is 31.9 Å². The van der Waals surface area contributed by atoms with Gasteiger partial charge in [-0.3, -0.25) is 0 Å². The van der Waals surface area contributed by atoms with Gasteiger partial charge >= 0.3 is 5.97 Å². The maximum Gasteiger partial charge on any atom is 0.338 e. The zero-order valence-corrected chi connectivity index (χ0v) is 11.1. The van der Waals surface area contributed by atoms with Crippen LogP contribution in [0.5, 0.6) is 0 Å². The van der Waals surface area contributed by atoms with Gasteiger partial charge in [0.2, 0.25) is 0 Å². The van der Waals surface area contributed by atoms with E-state index in [-0.39, 0.29) is 0 Å². The molecule has 0 saturated carbocycles. The Bertz CT molecular complexity index is 453. The topological polar surface area (TPSA) is 44.8 Å². The summed E-state index contributed by atoms with van der Waals surface area (Å²) in [6.45, 7) is 5.57. The van der Waals surface area contributed by atoms with Crippen LogP contribution in [0.3, 0.4) is 0 Å². The summed E-state index contributed by atoms with van der Waals surface area (Å²) in [6, 6.07) is 7.80. The van der Waals surface area contributed by atoms with Gasteiger partial charge < -0.3 is 14.2 Å². The van der Waals surface area contributed by atoms with Gasteiger partial charge in [0.05, 0.1) is 7.11 Å². The SMILES string of the molecule is COC(=O)[C@H]1OC(C)(C)OC1c1ccccc1C. The van der Waals surface area contributed by atoms with Crippen LogP contribution in [-0.4, -0.2) is 25.0 Å². The van der Waals surface area contributed by atoms with E-state index in [1.807, 2.05) is 31.2 Å². The van der Waals surface area contributed by atoms with Crippen molar-refractivity contribution in [2.45, 2.75) is 38.8 Å². The Morgan fingerprint density at radius 3 is 2.56 bits per heavy atom. The number of benzene rings is 1. The summed E-state index contributed by atoms with van der Waals surface area (Å²) in [6.07, 6.45) is -1.14. The minimum atomic E-state index is -0.786. The molecule has 1 saturated heterocycles. The lowest BCUT2D eigenvalue weighted by molar-refractivity contribution is -0.168. The van der Waals surface area contributed by atoms with Crippen LogP contribution in [0.1, 0.15) is 31.1 Å². The molecule has 0 bridgehead atoms. The van der Waals surface area contributed by atoms with Gasteiger partial charge in [0.15, 0.2) is 11.9 Å². The van der Waals surface area contributed by atoms with E-state index in [1.165, 1.54) is 7.11 Å². The number of methoxy groups -OCH3 is 1. The van der Waals surface area contributed by atoms with Gasteiger partial charge in [-0.2, -0.15) is 0 Å². The summed E-state index contributed by atoms with van der Waals surface area (Å²) in [7, 11) is 1.35. The molecule has 1 unspecified atom stereocenters. The van der Waals surface area contributed by atoms with Gasteiger partial charge in [0.25, 0.3) is 0 Å². The van der Waals surface area contributed by atoms with Crippen LogP contribution in [0, 0.1) is 6.92 Å². The van der Waals surface area contributed by atoms with Crippen molar-refractivity contribution >= 4 is 5.97 Å². The molecule has 18 heavy (non-hydrogen) atoms. The highest BCUT2D eigenvalue weighted by Crippen LogP contribution is 2.39. The standard InChI is InChI=1S/C14H18O4/c1-9-7-5-6-8-10(9)11-12(13(15)16-4)18-14(2,3)17-11/h5-8,11-12H,1-4H3/t11?,12-/m0/s1. The molecule has 1 fully saturated rings. The number of ether oxygens (including phenoxy) is 3. The summed E-state index contributed by atoms with van der Waals surface area (Å²) in [5.41, 5.74) is 2.02. The van der Waals surface area contributed by atoms with Gasteiger partial charge in [0, 0.05) is 0 Å². The lowest BCUT2D eigenvalue weighted by Crippen LogP contribution is -2.29. The molecule has 4 nitrogen and oxygen atoms in total. The van der Waals surface area contributed by atoms with Gasteiger partial charge in [-0.25, -0.2) is 4.79 Å². The molecule has 0 radical (unpaired) electrons. The van der Waals surface area contributed by atoms with Crippen molar-refractivity contribution in [3.63, 3.8) is 0 Å². The zero-order valence-electron chi connectivity index (χ0n) is 11.1. The zero-order chi connectivity index (χ0) is 13.3. The van der Waals surface area contributed by atoms with E-state index in [0.717, 1.165) is 11.1 Å². The Morgan fingerprint density at radius 1 is 1.28 bits per heavy atom. The average Bonchev–Trinajstić information content (AvgIpc) is 2.65. The number of hydrogen-bond acceptors (Lipinski definition) is 4. The molecule has 0 N–H and O–H groups in total. The third kappa shape index (κ3) is 2.40. The molecule has 1 aromatic rings. The molecule has 98 valence electrons. The van der Waals surface area contributed by atoms with Crippen molar-refractivity contribution in [2.24, 2.45) is 0 Å². The van der Waals surface area contributed by atoms with Crippen molar-refractivity contribution in [1.29, 1.82) is 0 Å². The predicted molar refractivity (Wildman–Crippen MR) is 66.0 cm³/mol. The first-order chi connectivity index (χ1) is 8.44. The Balaban J connectivity index is 2.35. The average molecular weight is 250 g/mol. The minimum absolute atomic E-state index is 0.408. The highest BCUT2D eigenvalue weighted by molar-refractivity contribution is 5.76. The van der Waals surface area contributed by atoms with Gasteiger partial charge in [-0.1, -0.05) is 24.3 Å². The second-order valence-corrected chi connectivity index (χ2v) is 4.86. The van der Waals surface area contributed by atoms with E-state index in [9.17, 15) is 4.79 Å². The largest absolute Gasteiger partial charge is 0.467 e. The van der Waals surface area contributed by atoms with Crippen molar-refractivity contribution < 1.29 is 19.0 Å². The smallest absolute Gasteiger partial charge is 0.338 e. The second-order valence-electron chi connectivity index (χ2n) is 4.86. The number of hydrogen-bond donors (Lipinski definition) is 0. The Hall–Kier alpha value is -1.39. The molecule has 2 atom stereocenters. The lowest BCUT2D eigenvalue weighted by atomic mass is 10.00. The number of carbonyl (C=O) groups is 1. The number of carbonyl (C=O) groups excluding carboxylic acids is 1. The van der Waals surface area contributed by atoms with Crippen molar-refractivity contribution in [1.82, 2.24) is 0 Å². The summed E-state index contributed by atoms with van der Waals surface area (Å²) in [5.74, 6) is -1.19. The summed E-state index contributed by atoms with van der Waals surface area (Å²) in [5, 5.41) is 0. The summed E-state index contributed by atoms with van der Waals surface area (Å²) >= 11 is 0. The van der Waals surface area contributed by atoms with Crippen LogP contribution in [0.4, 0.5) is 0 Å². The Labute approximate surface area is 107 Å². The maximum atomic E-state index is 11.8. The molecular formula is C14H18O4. The highest BCUT2D eigenvalue weighted by Gasteiger charge is 2.46. The number of esters is 1. The van der Waals surface area contributed by atoms with Crippen LogP contribution < -0.4 is 0 Å². The van der Waals surface area contributed by atoms with Gasteiger partial charge in [-0.15, -0.1) is 0 Å². The lowest BCUT2D eigenvalue weighted by Gasteiger charge is -2.18. The van der Waals surface area contributed by atoms with E-state index in [2.05, 4.69) is 0 Å². The molecule has 1 heterocycles. The molecule has 1 aliphatic rings. The highest BCUT2D eigenvalue weighted by atomic mass is 16.8. The van der Waals surface area contributed by atoms with Crippen molar-refractivity contribution in [3.8, 4) is 0 Å². The van der Waals surface area contributed by atoms with Crippen LogP contribution in [0.2, 0.25) is 0 Å². The molecule has 1 aliphatic heterocycles. The normalized spacial score (nSPS) is 26.0. The molecule has 0 aromatic heterocycles. The minimum Gasteiger partial charge on any atom is -0.467 e. The van der Waals surface area contributed by atoms with E-state index < -0.39 is 24.0 Å². The number of aryl methyl sites for hydroxylation is 1. The summed E-state index contributed by atoms with van der Waals surface area (Å²) in [4.78, 5) is 11.8. The van der Waals surface area contributed by atoms with E-state index in [0.29, 0.717) is 0 Å². The predicted octanol–water partition coefficient (Wildman–Crippen LogP) is 2.36. The molecule has 4 heteroatoms. The van der Waals surface area contributed by atoms with E-state index >= 15 is 0 Å². The molecule has 0 amide bonds. The fraction of sp³-hybridized carbons (Fsp3) is 0.500.